The molecule has 1 aliphatic carbocycles. The number of nitrogens with two attached hydrogens (primary N) is 1. The summed E-state index contributed by atoms with van der Waals surface area (Å²) in [7, 11) is 1.71. The van der Waals surface area contributed by atoms with Gasteiger partial charge in [0.15, 0.2) is 0 Å². The summed E-state index contributed by atoms with van der Waals surface area (Å²) in [6.07, 6.45) is 5.87. The van der Waals surface area contributed by atoms with Crippen molar-refractivity contribution in [1.82, 2.24) is 5.32 Å². The Labute approximate surface area is 127 Å². The third kappa shape index (κ3) is 3.76. The first-order valence-corrected chi connectivity index (χ1v) is 7.82. The van der Waals surface area contributed by atoms with Crippen LogP contribution in [-0.4, -0.2) is 26.1 Å². The topological polar surface area (TPSA) is 64.3 Å². The smallest absolute Gasteiger partial charge is 0.220 e. The summed E-state index contributed by atoms with van der Waals surface area (Å²) < 4.78 is 5.53. The van der Waals surface area contributed by atoms with Crippen molar-refractivity contribution in [3.63, 3.8) is 0 Å². The Balaban J connectivity index is 2.11. The standard InChI is InChI=1S/C17H26N2O2/c1-21-15-8-3-2-7-14(15)17(10-4-5-11-17)13-19-16(20)9-6-12-18/h2-3,7-8H,4-6,9-13,18H2,1H3,(H,19,20). The molecular formula is C17H26N2O2. The normalized spacial score (nSPS) is 16.7. The Hall–Kier alpha value is -1.55. The van der Waals surface area contributed by atoms with Crippen LogP contribution < -0.4 is 15.8 Å². The molecule has 1 fully saturated rings. The molecule has 116 valence electrons. The summed E-state index contributed by atoms with van der Waals surface area (Å²) in [5.74, 6) is 1.03. The van der Waals surface area contributed by atoms with Crippen molar-refractivity contribution in [1.29, 1.82) is 0 Å². The summed E-state index contributed by atoms with van der Waals surface area (Å²) in [5, 5.41) is 3.10. The molecule has 0 heterocycles. The molecule has 0 spiro atoms. The number of hydrogen-bond donors (Lipinski definition) is 2. The zero-order valence-electron chi connectivity index (χ0n) is 12.9. The van der Waals surface area contributed by atoms with Crippen molar-refractivity contribution in [3.05, 3.63) is 29.8 Å². The van der Waals surface area contributed by atoms with E-state index in [0.29, 0.717) is 19.5 Å². The SMILES string of the molecule is COc1ccccc1C1(CNC(=O)CCCN)CCCC1. The summed E-state index contributed by atoms with van der Waals surface area (Å²) >= 11 is 0. The van der Waals surface area contributed by atoms with Gasteiger partial charge < -0.3 is 15.8 Å². The lowest BCUT2D eigenvalue weighted by Gasteiger charge is -2.31. The fourth-order valence-electron chi connectivity index (χ4n) is 3.29. The van der Waals surface area contributed by atoms with Crippen LogP contribution in [0, 0.1) is 0 Å². The first-order valence-electron chi connectivity index (χ1n) is 7.82. The molecule has 1 saturated carbocycles. The predicted molar refractivity (Wildman–Crippen MR) is 84.4 cm³/mol. The van der Waals surface area contributed by atoms with Crippen molar-refractivity contribution >= 4 is 5.91 Å². The van der Waals surface area contributed by atoms with Gasteiger partial charge in [-0.05, 0) is 31.9 Å². The summed E-state index contributed by atoms with van der Waals surface area (Å²) in [5.41, 5.74) is 6.70. The number of benzene rings is 1. The van der Waals surface area contributed by atoms with Gasteiger partial charge in [0.05, 0.1) is 7.11 Å². The number of carbonyl (C=O) groups is 1. The average Bonchev–Trinajstić information content (AvgIpc) is 3.01. The first kappa shape index (κ1) is 15.8. The van der Waals surface area contributed by atoms with E-state index in [4.69, 9.17) is 10.5 Å². The van der Waals surface area contributed by atoms with Gasteiger partial charge in [0, 0.05) is 23.9 Å². The first-order chi connectivity index (χ1) is 10.2. The number of nitrogens with one attached hydrogen (secondary N) is 1. The number of rotatable bonds is 7. The molecule has 1 aliphatic rings. The van der Waals surface area contributed by atoms with Crippen LogP contribution in [0.3, 0.4) is 0 Å². The molecule has 0 saturated heterocycles. The van der Waals surface area contributed by atoms with Crippen molar-refractivity contribution < 1.29 is 9.53 Å². The minimum Gasteiger partial charge on any atom is -0.496 e. The van der Waals surface area contributed by atoms with E-state index < -0.39 is 0 Å². The van der Waals surface area contributed by atoms with Gasteiger partial charge in [-0.3, -0.25) is 4.79 Å². The van der Waals surface area contributed by atoms with Gasteiger partial charge in [0.1, 0.15) is 5.75 Å². The van der Waals surface area contributed by atoms with Crippen LogP contribution in [0.1, 0.15) is 44.1 Å². The lowest BCUT2D eigenvalue weighted by atomic mass is 9.78. The maximum absolute atomic E-state index is 11.9. The van der Waals surface area contributed by atoms with Gasteiger partial charge in [-0.2, -0.15) is 0 Å². The number of carbonyl (C=O) groups excluding carboxylic acids is 1. The third-order valence-corrected chi connectivity index (χ3v) is 4.47. The molecule has 1 aromatic rings. The molecule has 0 unspecified atom stereocenters. The number of amides is 1. The molecular weight excluding hydrogens is 264 g/mol. The Kier molecular flexibility index (Phi) is 5.62. The highest BCUT2D eigenvalue weighted by Gasteiger charge is 2.37. The minimum atomic E-state index is 0.0188. The van der Waals surface area contributed by atoms with E-state index in [1.54, 1.807) is 7.11 Å². The van der Waals surface area contributed by atoms with Gasteiger partial charge in [-0.25, -0.2) is 0 Å². The lowest BCUT2D eigenvalue weighted by Crippen LogP contribution is -2.39. The maximum atomic E-state index is 11.9. The van der Waals surface area contributed by atoms with Crippen molar-refractivity contribution in [2.45, 2.75) is 43.9 Å². The maximum Gasteiger partial charge on any atom is 0.220 e. The Morgan fingerprint density at radius 1 is 1.33 bits per heavy atom. The molecule has 0 atom stereocenters. The van der Waals surface area contributed by atoms with E-state index >= 15 is 0 Å². The molecule has 3 N–H and O–H groups in total. The molecule has 0 aromatic heterocycles. The van der Waals surface area contributed by atoms with Crippen LogP contribution in [0.2, 0.25) is 0 Å². The van der Waals surface area contributed by atoms with Crippen molar-refractivity contribution in [2.75, 3.05) is 20.2 Å². The molecule has 1 aromatic carbocycles. The van der Waals surface area contributed by atoms with E-state index in [1.165, 1.54) is 18.4 Å². The second-order valence-electron chi connectivity index (χ2n) is 5.86. The van der Waals surface area contributed by atoms with Gasteiger partial charge >= 0.3 is 0 Å². The molecule has 21 heavy (non-hydrogen) atoms. The molecule has 2 rings (SSSR count). The molecule has 0 radical (unpaired) electrons. The van der Waals surface area contributed by atoms with Gasteiger partial charge in [-0.1, -0.05) is 31.0 Å². The quantitative estimate of drug-likeness (QED) is 0.810. The van der Waals surface area contributed by atoms with Crippen LogP contribution in [0.15, 0.2) is 24.3 Å². The second kappa shape index (κ2) is 7.46. The van der Waals surface area contributed by atoms with E-state index in [9.17, 15) is 4.79 Å². The van der Waals surface area contributed by atoms with Crippen LogP contribution in [-0.2, 0) is 10.2 Å². The van der Waals surface area contributed by atoms with Crippen LogP contribution in [0.25, 0.3) is 0 Å². The number of ether oxygens (including phenoxy) is 1. The Bertz CT molecular complexity index is 468. The summed E-state index contributed by atoms with van der Waals surface area (Å²) in [6, 6.07) is 8.18. The van der Waals surface area contributed by atoms with Crippen molar-refractivity contribution in [2.24, 2.45) is 5.73 Å². The minimum absolute atomic E-state index is 0.0188. The van der Waals surface area contributed by atoms with Gasteiger partial charge in [0.25, 0.3) is 0 Å². The van der Waals surface area contributed by atoms with E-state index in [2.05, 4.69) is 11.4 Å². The summed E-state index contributed by atoms with van der Waals surface area (Å²) in [6.45, 7) is 1.25. The van der Waals surface area contributed by atoms with Crippen LogP contribution >= 0.6 is 0 Å². The largest absolute Gasteiger partial charge is 0.496 e. The lowest BCUT2D eigenvalue weighted by molar-refractivity contribution is -0.121. The third-order valence-electron chi connectivity index (χ3n) is 4.47. The fourth-order valence-corrected chi connectivity index (χ4v) is 3.29. The fraction of sp³-hybridized carbons (Fsp3) is 0.588. The highest BCUT2D eigenvalue weighted by molar-refractivity contribution is 5.76. The number of hydrogen-bond acceptors (Lipinski definition) is 3. The van der Waals surface area contributed by atoms with Crippen LogP contribution in [0.5, 0.6) is 5.75 Å². The molecule has 4 nitrogen and oxygen atoms in total. The highest BCUT2D eigenvalue weighted by Crippen LogP contribution is 2.44. The van der Waals surface area contributed by atoms with Gasteiger partial charge in [0.2, 0.25) is 5.91 Å². The van der Waals surface area contributed by atoms with E-state index in [0.717, 1.165) is 25.0 Å². The second-order valence-corrected chi connectivity index (χ2v) is 5.86. The zero-order valence-corrected chi connectivity index (χ0v) is 12.9. The molecule has 1 amide bonds. The molecule has 0 aliphatic heterocycles. The highest BCUT2D eigenvalue weighted by atomic mass is 16.5. The Morgan fingerprint density at radius 3 is 2.71 bits per heavy atom. The van der Waals surface area contributed by atoms with Crippen molar-refractivity contribution in [3.8, 4) is 5.75 Å². The molecule has 4 heteroatoms. The van der Waals surface area contributed by atoms with Crippen LogP contribution in [0.4, 0.5) is 0 Å². The van der Waals surface area contributed by atoms with E-state index in [1.807, 2.05) is 18.2 Å². The Morgan fingerprint density at radius 2 is 2.05 bits per heavy atom. The molecule has 0 bridgehead atoms. The average molecular weight is 290 g/mol. The van der Waals surface area contributed by atoms with E-state index in [-0.39, 0.29) is 11.3 Å². The zero-order chi connectivity index (χ0) is 15.1. The van der Waals surface area contributed by atoms with Gasteiger partial charge in [-0.15, -0.1) is 0 Å². The summed E-state index contributed by atoms with van der Waals surface area (Å²) in [4.78, 5) is 11.9. The number of para-hydroxylation sites is 1. The predicted octanol–water partition coefficient (Wildman–Crippen LogP) is 2.36. The number of methoxy groups -OCH3 is 1. The monoisotopic (exact) mass is 290 g/mol.